The molecule has 0 saturated carbocycles. The molecular formula is C15H23NO4. The smallest absolute Gasteiger partial charge is 0.257 e. The zero-order valence-corrected chi connectivity index (χ0v) is 12.5. The van der Waals surface area contributed by atoms with Crippen LogP contribution in [0.15, 0.2) is 18.2 Å². The SMILES string of the molecule is COc1cc(C)ccc1OCC(=O)NCC(C)(C)CO. The van der Waals surface area contributed by atoms with Crippen LogP contribution in [-0.2, 0) is 4.79 Å². The molecule has 0 aliphatic carbocycles. The van der Waals surface area contributed by atoms with Crippen molar-refractivity contribution in [2.75, 3.05) is 26.9 Å². The topological polar surface area (TPSA) is 67.8 Å². The molecule has 2 N–H and O–H groups in total. The van der Waals surface area contributed by atoms with Crippen molar-refractivity contribution in [3.05, 3.63) is 23.8 Å². The summed E-state index contributed by atoms with van der Waals surface area (Å²) in [6.07, 6.45) is 0. The molecule has 0 spiro atoms. The zero-order chi connectivity index (χ0) is 15.2. The van der Waals surface area contributed by atoms with Crippen LogP contribution in [0.4, 0.5) is 0 Å². The van der Waals surface area contributed by atoms with E-state index in [1.807, 2.05) is 32.9 Å². The van der Waals surface area contributed by atoms with Crippen LogP contribution in [0.1, 0.15) is 19.4 Å². The lowest BCUT2D eigenvalue weighted by Gasteiger charge is -2.21. The minimum absolute atomic E-state index is 0.0138. The number of aryl methyl sites for hydroxylation is 1. The van der Waals surface area contributed by atoms with E-state index in [0.29, 0.717) is 18.0 Å². The Labute approximate surface area is 119 Å². The summed E-state index contributed by atoms with van der Waals surface area (Å²) in [5.74, 6) is 0.914. The lowest BCUT2D eigenvalue weighted by Crippen LogP contribution is -2.38. The number of hydrogen-bond donors (Lipinski definition) is 2. The average molecular weight is 281 g/mol. The number of rotatable bonds is 7. The maximum Gasteiger partial charge on any atom is 0.257 e. The summed E-state index contributed by atoms with van der Waals surface area (Å²) in [7, 11) is 1.56. The number of methoxy groups -OCH3 is 1. The molecule has 0 atom stereocenters. The summed E-state index contributed by atoms with van der Waals surface area (Å²) in [4.78, 5) is 11.7. The molecule has 1 aromatic carbocycles. The van der Waals surface area contributed by atoms with Gasteiger partial charge in [0.15, 0.2) is 18.1 Å². The number of benzene rings is 1. The summed E-state index contributed by atoms with van der Waals surface area (Å²) in [6.45, 7) is 6.03. The van der Waals surface area contributed by atoms with Gasteiger partial charge in [0.1, 0.15) is 0 Å². The number of hydrogen-bond acceptors (Lipinski definition) is 4. The summed E-state index contributed by atoms with van der Waals surface area (Å²) in [6, 6.07) is 5.52. The number of ether oxygens (including phenoxy) is 2. The molecule has 0 aliphatic heterocycles. The van der Waals surface area contributed by atoms with E-state index < -0.39 is 0 Å². The third kappa shape index (κ3) is 5.09. The van der Waals surface area contributed by atoms with Gasteiger partial charge in [-0.15, -0.1) is 0 Å². The van der Waals surface area contributed by atoms with Crippen LogP contribution < -0.4 is 14.8 Å². The Balaban J connectivity index is 2.49. The van der Waals surface area contributed by atoms with Gasteiger partial charge >= 0.3 is 0 Å². The molecule has 5 nitrogen and oxygen atoms in total. The van der Waals surface area contributed by atoms with Gasteiger partial charge in [-0.3, -0.25) is 4.79 Å². The highest BCUT2D eigenvalue weighted by molar-refractivity contribution is 5.77. The molecule has 0 bridgehead atoms. The second-order valence-corrected chi connectivity index (χ2v) is 5.54. The molecule has 112 valence electrons. The van der Waals surface area contributed by atoms with Gasteiger partial charge in [-0.2, -0.15) is 0 Å². The average Bonchev–Trinajstić information content (AvgIpc) is 2.43. The van der Waals surface area contributed by atoms with Crippen molar-refractivity contribution in [3.63, 3.8) is 0 Å². The van der Waals surface area contributed by atoms with E-state index in [1.165, 1.54) is 0 Å². The largest absolute Gasteiger partial charge is 0.493 e. The molecule has 0 aromatic heterocycles. The van der Waals surface area contributed by atoms with Crippen LogP contribution in [0.2, 0.25) is 0 Å². The van der Waals surface area contributed by atoms with Crippen molar-refractivity contribution in [3.8, 4) is 11.5 Å². The first-order valence-corrected chi connectivity index (χ1v) is 6.53. The van der Waals surface area contributed by atoms with Crippen LogP contribution in [-0.4, -0.2) is 37.9 Å². The van der Waals surface area contributed by atoms with Crippen molar-refractivity contribution in [2.24, 2.45) is 5.41 Å². The van der Waals surface area contributed by atoms with Gasteiger partial charge in [-0.1, -0.05) is 19.9 Å². The normalized spacial score (nSPS) is 11.1. The molecule has 0 fully saturated rings. The number of aliphatic hydroxyl groups is 1. The quantitative estimate of drug-likeness (QED) is 0.795. The molecule has 1 amide bonds. The number of amides is 1. The van der Waals surface area contributed by atoms with E-state index in [0.717, 1.165) is 5.56 Å². The van der Waals surface area contributed by atoms with E-state index >= 15 is 0 Å². The van der Waals surface area contributed by atoms with E-state index in [-0.39, 0.29) is 24.5 Å². The predicted octanol–water partition coefficient (Wildman–Crippen LogP) is 1.52. The first-order chi connectivity index (χ1) is 9.38. The van der Waals surface area contributed by atoms with Gasteiger partial charge in [0.05, 0.1) is 7.11 Å². The van der Waals surface area contributed by atoms with Crippen LogP contribution in [0, 0.1) is 12.3 Å². The van der Waals surface area contributed by atoms with E-state index in [1.54, 1.807) is 13.2 Å². The molecule has 1 rings (SSSR count). The second-order valence-electron chi connectivity index (χ2n) is 5.54. The van der Waals surface area contributed by atoms with Gasteiger partial charge < -0.3 is 19.9 Å². The highest BCUT2D eigenvalue weighted by Gasteiger charge is 2.17. The van der Waals surface area contributed by atoms with Crippen molar-refractivity contribution in [2.45, 2.75) is 20.8 Å². The Hall–Kier alpha value is -1.75. The molecule has 1 aromatic rings. The maximum absolute atomic E-state index is 11.7. The molecular weight excluding hydrogens is 258 g/mol. The predicted molar refractivity (Wildman–Crippen MR) is 77.1 cm³/mol. The van der Waals surface area contributed by atoms with Crippen LogP contribution in [0.5, 0.6) is 11.5 Å². The number of aliphatic hydroxyl groups excluding tert-OH is 1. The summed E-state index contributed by atoms with van der Waals surface area (Å²) in [5, 5.41) is 11.8. The van der Waals surface area contributed by atoms with E-state index in [4.69, 9.17) is 14.6 Å². The highest BCUT2D eigenvalue weighted by atomic mass is 16.5. The minimum atomic E-state index is -0.336. The Morgan fingerprint density at radius 3 is 2.65 bits per heavy atom. The van der Waals surface area contributed by atoms with Gasteiger partial charge in [-0.05, 0) is 24.6 Å². The molecule has 0 unspecified atom stereocenters. The summed E-state index contributed by atoms with van der Waals surface area (Å²) in [5.41, 5.74) is 0.723. The van der Waals surface area contributed by atoms with E-state index in [2.05, 4.69) is 5.32 Å². The lowest BCUT2D eigenvalue weighted by atomic mass is 9.95. The van der Waals surface area contributed by atoms with Crippen molar-refractivity contribution < 1.29 is 19.4 Å². The lowest BCUT2D eigenvalue weighted by molar-refractivity contribution is -0.123. The third-order valence-corrected chi connectivity index (χ3v) is 2.87. The zero-order valence-electron chi connectivity index (χ0n) is 12.5. The molecule has 0 radical (unpaired) electrons. The van der Waals surface area contributed by atoms with Gasteiger partial charge in [0.2, 0.25) is 0 Å². The standard InChI is InChI=1S/C15H23NO4/c1-11-5-6-12(13(7-11)19-4)20-8-14(18)16-9-15(2,3)10-17/h5-7,17H,8-10H2,1-4H3,(H,16,18). The molecule has 0 saturated heterocycles. The third-order valence-electron chi connectivity index (χ3n) is 2.87. The number of carbonyl (C=O) groups is 1. The first-order valence-electron chi connectivity index (χ1n) is 6.53. The Morgan fingerprint density at radius 2 is 2.05 bits per heavy atom. The fourth-order valence-corrected chi connectivity index (χ4v) is 1.48. The molecule has 5 heteroatoms. The monoisotopic (exact) mass is 281 g/mol. The molecule has 0 aliphatic rings. The number of carbonyl (C=O) groups excluding carboxylic acids is 1. The van der Waals surface area contributed by atoms with Crippen LogP contribution in [0.25, 0.3) is 0 Å². The fourth-order valence-electron chi connectivity index (χ4n) is 1.48. The summed E-state index contributed by atoms with van der Waals surface area (Å²) >= 11 is 0. The first kappa shape index (κ1) is 16.3. The second kappa shape index (κ2) is 7.14. The van der Waals surface area contributed by atoms with Crippen LogP contribution >= 0.6 is 0 Å². The van der Waals surface area contributed by atoms with Gasteiger partial charge in [0.25, 0.3) is 5.91 Å². The highest BCUT2D eigenvalue weighted by Crippen LogP contribution is 2.27. The van der Waals surface area contributed by atoms with Crippen molar-refractivity contribution >= 4 is 5.91 Å². The fraction of sp³-hybridized carbons (Fsp3) is 0.533. The molecule has 0 heterocycles. The van der Waals surface area contributed by atoms with Gasteiger partial charge in [0, 0.05) is 18.6 Å². The van der Waals surface area contributed by atoms with Gasteiger partial charge in [-0.25, -0.2) is 0 Å². The van der Waals surface area contributed by atoms with Crippen molar-refractivity contribution in [1.29, 1.82) is 0 Å². The van der Waals surface area contributed by atoms with E-state index in [9.17, 15) is 4.79 Å². The summed E-state index contributed by atoms with van der Waals surface area (Å²) < 4.78 is 10.6. The Kier molecular flexibility index (Phi) is 5.82. The maximum atomic E-state index is 11.7. The minimum Gasteiger partial charge on any atom is -0.493 e. The van der Waals surface area contributed by atoms with Crippen molar-refractivity contribution in [1.82, 2.24) is 5.32 Å². The number of nitrogens with one attached hydrogen (secondary N) is 1. The molecule has 20 heavy (non-hydrogen) atoms. The Bertz CT molecular complexity index is 457. The Morgan fingerprint density at radius 1 is 1.35 bits per heavy atom. The van der Waals surface area contributed by atoms with Crippen LogP contribution in [0.3, 0.4) is 0 Å².